The third-order valence-electron chi connectivity index (χ3n) is 5.04. The van der Waals surface area contributed by atoms with Gasteiger partial charge < -0.3 is 31.9 Å². The molecule has 0 aromatic heterocycles. The number of carbonyl (C=O) groups excluding carboxylic acids is 3. The summed E-state index contributed by atoms with van der Waals surface area (Å²) in [4.78, 5) is 60.4. The molecule has 12 heteroatoms. The molecule has 0 aromatic carbocycles. The number of carboxylic acid groups (broad SMARTS) is 2. The fraction of sp³-hybridized carbons (Fsp3) is 0.750. The van der Waals surface area contributed by atoms with E-state index < -0.39 is 66.2 Å². The summed E-state index contributed by atoms with van der Waals surface area (Å²) in [5, 5.41) is 25.7. The minimum absolute atomic E-state index is 0.188. The second-order valence-corrected chi connectivity index (χ2v) is 8.97. The molecule has 0 aliphatic rings. The van der Waals surface area contributed by atoms with Crippen LogP contribution in [0.25, 0.3) is 0 Å². The van der Waals surface area contributed by atoms with Gasteiger partial charge in [-0.25, -0.2) is 4.79 Å². The van der Waals surface area contributed by atoms with E-state index in [4.69, 9.17) is 10.8 Å². The molecule has 5 atom stereocenters. The van der Waals surface area contributed by atoms with Crippen molar-refractivity contribution in [3.8, 4) is 0 Å². The number of carbonyl (C=O) groups is 5. The van der Waals surface area contributed by atoms with Crippen molar-refractivity contribution in [3.63, 3.8) is 0 Å². The predicted molar refractivity (Wildman–Crippen MR) is 121 cm³/mol. The summed E-state index contributed by atoms with van der Waals surface area (Å²) in [5.41, 5.74) is 5.86. The lowest BCUT2D eigenvalue weighted by molar-refractivity contribution is -0.143. The Morgan fingerprint density at radius 1 is 0.906 bits per heavy atom. The number of aliphatic carboxylic acids is 2. The molecule has 0 spiro atoms. The van der Waals surface area contributed by atoms with Gasteiger partial charge in [-0.2, -0.15) is 11.8 Å². The number of amides is 3. The Bertz CT molecular complexity index is 674. The van der Waals surface area contributed by atoms with Crippen LogP contribution >= 0.6 is 11.8 Å². The highest BCUT2D eigenvalue weighted by Gasteiger charge is 2.33. The second kappa shape index (κ2) is 14.7. The maximum atomic E-state index is 12.8. The van der Waals surface area contributed by atoms with Gasteiger partial charge in [0.2, 0.25) is 17.7 Å². The van der Waals surface area contributed by atoms with Crippen LogP contribution in [0.5, 0.6) is 0 Å². The highest BCUT2D eigenvalue weighted by atomic mass is 32.2. The van der Waals surface area contributed by atoms with Crippen LogP contribution < -0.4 is 21.7 Å². The number of hydrogen-bond donors (Lipinski definition) is 6. The normalized spacial score (nSPS) is 15.7. The number of thioether (sulfide) groups is 1. The molecule has 3 amide bonds. The molecule has 184 valence electrons. The van der Waals surface area contributed by atoms with E-state index in [0.717, 1.165) is 0 Å². The van der Waals surface area contributed by atoms with Gasteiger partial charge in [-0.15, -0.1) is 0 Å². The van der Waals surface area contributed by atoms with E-state index in [2.05, 4.69) is 16.0 Å². The first-order valence-electron chi connectivity index (χ1n) is 10.5. The standard InChI is InChI=1S/C20H36N4O7S/c1-6-11(4)15(21)18(28)23-13(9-14(25)26)17(27)24-16(10(2)3)19(29)22-12(20(30)31)7-8-32-5/h10-13,15-16H,6-9,21H2,1-5H3,(H,22,29)(H,23,28)(H,24,27)(H,25,26)(H,30,31). The number of nitrogens with two attached hydrogens (primary N) is 1. The van der Waals surface area contributed by atoms with Gasteiger partial charge in [0, 0.05) is 0 Å². The lowest BCUT2D eigenvalue weighted by Crippen LogP contribution is -2.59. The summed E-state index contributed by atoms with van der Waals surface area (Å²) >= 11 is 1.43. The summed E-state index contributed by atoms with van der Waals surface area (Å²) in [6.45, 7) is 6.89. The van der Waals surface area contributed by atoms with Crippen LogP contribution in [-0.2, 0) is 24.0 Å². The Balaban J connectivity index is 5.43. The van der Waals surface area contributed by atoms with E-state index in [0.29, 0.717) is 12.2 Å². The molecule has 0 saturated heterocycles. The quantitative estimate of drug-likeness (QED) is 0.186. The van der Waals surface area contributed by atoms with Gasteiger partial charge in [-0.1, -0.05) is 34.1 Å². The molecule has 7 N–H and O–H groups in total. The van der Waals surface area contributed by atoms with Gasteiger partial charge in [-0.3, -0.25) is 19.2 Å². The maximum absolute atomic E-state index is 12.8. The van der Waals surface area contributed by atoms with E-state index >= 15 is 0 Å². The topological polar surface area (TPSA) is 188 Å². The van der Waals surface area contributed by atoms with Crippen molar-refractivity contribution in [2.75, 3.05) is 12.0 Å². The van der Waals surface area contributed by atoms with Crippen LogP contribution in [0.3, 0.4) is 0 Å². The highest BCUT2D eigenvalue weighted by molar-refractivity contribution is 7.98. The first kappa shape index (κ1) is 29.7. The van der Waals surface area contributed by atoms with Gasteiger partial charge in [0.25, 0.3) is 0 Å². The highest BCUT2D eigenvalue weighted by Crippen LogP contribution is 2.09. The largest absolute Gasteiger partial charge is 0.481 e. The molecular weight excluding hydrogens is 440 g/mol. The monoisotopic (exact) mass is 476 g/mol. The zero-order valence-electron chi connectivity index (χ0n) is 19.2. The SMILES string of the molecule is CCC(C)C(N)C(=O)NC(CC(=O)O)C(=O)NC(C(=O)NC(CCSC)C(=O)O)C(C)C. The molecule has 11 nitrogen and oxygen atoms in total. The zero-order valence-corrected chi connectivity index (χ0v) is 20.0. The van der Waals surface area contributed by atoms with Crippen molar-refractivity contribution in [2.45, 2.75) is 71.1 Å². The molecule has 0 aliphatic heterocycles. The van der Waals surface area contributed by atoms with Crippen LogP contribution in [0.4, 0.5) is 0 Å². The molecule has 5 unspecified atom stereocenters. The Labute approximate surface area is 192 Å². The minimum Gasteiger partial charge on any atom is -0.481 e. The third-order valence-corrected chi connectivity index (χ3v) is 5.69. The van der Waals surface area contributed by atoms with Crippen molar-refractivity contribution >= 4 is 41.4 Å². The van der Waals surface area contributed by atoms with Crippen molar-refractivity contribution in [1.82, 2.24) is 16.0 Å². The molecule has 32 heavy (non-hydrogen) atoms. The van der Waals surface area contributed by atoms with Gasteiger partial charge >= 0.3 is 11.9 Å². The first-order chi connectivity index (χ1) is 14.8. The molecule has 0 heterocycles. The fourth-order valence-electron chi connectivity index (χ4n) is 2.71. The molecule has 0 bridgehead atoms. The lowest BCUT2D eigenvalue weighted by atomic mass is 9.98. The zero-order chi connectivity index (χ0) is 25.0. The maximum Gasteiger partial charge on any atom is 0.326 e. The number of rotatable bonds is 15. The average Bonchev–Trinajstić information content (AvgIpc) is 2.71. The van der Waals surface area contributed by atoms with Crippen molar-refractivity contribution in [2.24, 2.45) is 17.6 Å². The Morgan fingerprint density at radius 2 is 1.47 bits per heavy atom. The Morgan fingerprint density at radius 3 is 1.91 bits per heavy atom. The van der Waals surface area contributed by atoms with Crippen molar-refractivity contribution in [3.05, 3.63) is 0 Å². The molecule has 0 aromatic rings. The predicted octanol–water partition coefficient (Wildman–Crippen LogP) is -0.217. The smallest absolute Gasteiger partial charge is 0.326 e. The van der Waals surface area contributed by atoms with E-state index in [1.165, 1.54) is 11.8 Å². The molecule has 0 saturated carbocycles. The molecule has 0 rings (SSSR count). The second-order valence-electron chi connectivity index (χ2n) is 7.98. The van der Waals surface area contributed by atoms with Crippen LogP contribution in [0.2, 0.25) is 0 Å². The van der Waals surface area contributed by atoms with Crippen LogP contribution in [0.1, 0.15) is 47.0 Å². The number of hydrogen-bond acceptors (Lipinski definition) is 7. The fourth-order valence-corrected chi connectivity index (χ4v) is 3.18. The molecule has 0 fully saturated rings. The number of nitrogens with one attached hydrogen (secondary N) is 3. The van der Waals surface area contributed by atoms with E-state index in [1.807, 2.05) is 13.2 Å². The molecular formula is C20H36N4O7S. The summed E-state index contributed by atoms with van der Waals surface area (Å²) in [7, 11) is 0. The number of carboxylic acids is 2. The Hall–Kier alpha value is -2.34. The van der Waals surface area contributed by atoms with E-state index in [9.17, 15) is 29.1 Å². The van der Waals surface area contributed by atoms with Crippen molar-refractivity contribution in [1.29, 1.82) is 0 Å². The first-order valence-corrected chi connectivity index (χ1v) is 11.8. The van der Waals surface area contributed by atoms with Crippen LogP contribution in [0.15, 0.2) is 0 Å². The van der Waals surface area contributed by atoms with E-state index in [1.54, 1.807) is 20.8 Å². The van der Waals surface area contributed by atoms with Crippen LogP contribution in [0, 0.1) is 11.8 Å². The van der Waals surface area contributed by atoms with Gasteiger partial charge in [0.05, 0.1) is 12.5 Å². The molecule has 0 radical (unpaired) electrons. The van der Waals surface area contributed by atoms with Crippen molar-refractivity contribution < 1.29 is 34.2 Å². The summed E-state index contributed by atoms with van der Waals surface area (Å²) in [5.74, 6) is -4.88. The van der Waals surface area contributed by atoms with Gasteiger partial charge in [0.1, 0.15) is 18.1 Å². The Kier molecular flexibility index (Phi) is 13.6. The summed E-state index contributed by atoms with van der Waals surface area (Å²) in [6.07, 6.45) is 1.91. The summed E-state index contributed by atoms with van der Waals surface area (Å²) in [6, 6.07) is -4.64. The average molecular weight is 477 g/mol. The van der Waals surface area contributed by atoms with Crippen LogP contribution in [-0.4, -0.2) is 76.0 Å². The summed E-state index contributed by atoms with van der Waals surface area (Å²) < 4.78 is 0. The molecule has 0 aliphatic carbocycles. The van der Waals surface area contributed by atoms with Gasteiger partial charge in [-0.05, 0) is 30.3 Å². The van der Waals surface area contributed by atoms with Gasteiger partial charge in [0.15, 0.2) is 0 Å². The third kappa shape index (κ3) is 10.3. The minimum atomic E-state index is -1.45. The lowest BCUT2D eigenvalue weighted by Gasteiger charge is -2.27. The van der Waals surface area contributed by atoms with E-state index in [-0.39, 0.29) is 12.3 Å².